The predicted octanol–water partition coefficient (Wildman–Crippen LogP) is 1.55. The third-order valence-electron chi connectivity index (χ3n) is 2.63. The Bertz CT molecular complexity index is 580. The highest BCUT2D eigenvalue weighted by molar-refractivity contribution is 7.89. The second-order valence-corrected chi connectivity index (χ2v) is 6.26. The van der Waals surface area contributed by atoms with Crippen molar-refractivity contribution in [2.24, 2.45) is 11.1 Å². The van der Waals surface area contributed by atoms with Crippen LogP contribution in [0.3, 0.4) is 0 Å². The van der Waals surface area contributed by atoms with Gasteiger partial charge >= 0.3 is 5.97 Å². The van der Waals surface area contributed by atoms with Crippen LogP contribution in [0.4, 0.5) is 0 Å². The molecule has 0 aliphatic rings. The van der Waals surface area contributed by atoms with Gasteiger partial charge in [0.05, 0.1) is 24.2 Å². The van der Waals surface area contributed by atoms with Gasteiger partial charge in [-0.3, -0.25) is 0 Å². The summed E-state index contributed by atoms with van der Waals surface area (Å²) in [6.07, 6.45) is 0.852. The lowest BCUT2D eigenvalue weighted by molar-refractivity contribution is 0.0595. The Morgan fingerprint density at radius 3 is 2.50 bits per heavy atom. The summed E-state index contributed by atoms with van der Waals surface area (Å²) < 4.78 is 32.9. The molecule has 1 aromatic rings. The summed E-state index contributed by atoms with van der Waals surface area (Å²) in [6.45, 7) is 4.60. The molecule has 1 rings (SSSR count). The molecule has 7 heteroatoms. The second-order valence-electron chi connectivity index (χ2n) is 4.73. The van der Waals surface area contributed by atoms with Gasteiger partial charge < -0.3 is 9.47 Å². The molecule has 0 aromatic heterocycles. The molecule has 0 atom stereocenters. The Hall–Kier alpha value is -1.60. The normalized spacial score (nSPS) is 11.4. The molecule has 0 fully saturated rings. The van der Waals surface area contributed by atoms with Crippen molar-refractivity contribution in [3.05, 3.63) is 23.8 Å². The van der Waals surface area contributed by atoms with Gasteiger partial charge in [-0.25, -0.2) is 18.4 Å². The number of primary sulfonamides is 1. The number of nitrogens with two attached hydrogens (primary N) is 1. The van der Waals surface area contributed by atoms with Crippen LogP contribution in [0.5, 0.6) is 5.75 Å². The smallest absolute Gasteiger partial charge is 0.339 e. The molecule has 0 radical (unpaired) electrons. The van der Waals surface area contributed by atoms with Crippen molar-refractivity contribution in [2.45, 2.75) is 25.2 Å². The van der Waals surface area contributed by atoms with Crippen molar-refractivity contribution >= 4 is 16.0 Å². The molecule has 0 heterocycles. The van der Waals surface area contributed by atoms with E-state index in [1.165, 1.54) is 25.3 Å². The van der Waals surface area contributed by atoms with Gasteiger partial charge in [-0.15, -0.1) is 0 Å². The number of benzene rings is 1. The van der Waals surface area contributed by atoms with Crippen LogP contribution in [-0.4, -0.2) is 28.1 Å². The first-order chi connectivity index (χ1) is 9.25. The average molecular weight is 301 g/mol. The number of carbonyl (C=O) groups excluding carboxylic acids is 1. The summed E-state index contributed by atoms with van der Waals surface area (Å²) in [6, 6.07) is 4.03. The fourth-order valence-corrected chi connectivity index (χ4v) is 2.24. The summed E-state index contributed by atoms with van der Waals surface area (Å²) in [5, 5.41) is 5.06. The van der Waals surface area contributed by atoms with Gasteiger partial charge in [-0.2, -0.15) is 0 Å². The number of sulfonamides is 1. The van der Waals surface area contributed by atoms with E-state index < -0.39 is 16.0 Å². The van der Waals surface area contributed by atoms with E-state index in [0.29, 0.717) is 18.3 Å². The maximum atomic E-state index is 11.6. The van der Waals surface area contributed by atoms with Crippen molar-refractivity contribution in [3.63, 3.8) is 0 Å². The molecule has 0 aliphatic carbocycles. The Morgan fingerprint density at radius 1 is 1.35 bits per heavy atom. The Morgan fingerprint density at radius 2 is 2.00 bits per heavy atom. The highest BCUT2D eigenvalue weighted by Gasteiger charge is 2.20. The molecule has 20 heavy (non-hydrogen) atoms. The lowest BCUT2D eigenvalue weighted by Gasteiger charge is -2.11. The van der Waals surface area contributed by atoms with E-state index in [1.807, 2.05) is 0 Å². The van der Waals surface area contributed by atoms with Crippen molar-refractivity contribution in [1.82, 2.24) is 0 Å². The molecule has 6 nitrogen and oxygen atoms in total. The number of ether oxygens (including phenoxy) is 2. The summed E-state index contributed by atoms with van der Waals surface area (Å²) >= 11 is 0. The molecule has 1 aromatic carbocycles. The lowest BCUT2D eigenvalue weighted by Crippen LogP contribution is -2.17. The van der Waals surface area contributed by atoms with Gasteiger partial charge in [0.1, 0.15) is 5.75 Å². The Labute approximate surface area is 118 Å². The molecule has 0 spiro atoms. The SMILES string of the molecule is COC(=O)c1cc(OCCC(C)C)ccc1S(N)(=O)=O. The van der Waals surface area contributed by atoms with E-state index in [0.717, 1.165) is 6.42 Å². The second kappa shape index (κ2) is 6.71. The van der Waals surface area contributed by atoms with Gasteiger partial charge in [0.2, 0.25) is 10.0 Å². The van der Waals surface area contributed by atoms with E-state index in [9.17, 15) is 13.2 Å². The van der Waals surface area contributed by atoms with Crippen LogP contribution in [-0.2, 0) is 14.8 Å². The lowest BCUT2D eigenvalue weighted by atomic mass is 10.1. The van der Waals surface area contributed by atoms with Crippen molar-refractivity contribution < 1.29 is 22.7 Å². The maximum Gasteiger partial charge on any atom is 0.339 e. The van der Waals surface area contributed by atoms with Crippen molar-refractivity contribution in [3.8, 4) is 5.75 Å². The van der Waals surface area contributed by atoms with Gasteiger partial charge in [0.15, 0.2) is 0 Å². The highest BCUT2D eigenvalue weighted by atomic mass is 32.2. The van der Waals surface area contributed by atoms with Crippen LogP contribution in [0.1, 0.15) is 30.6 Å². The molecule has 0 unspecified atom stereocenters. The quantitative estimate of drug-likeness (QED) is 0.804. The molecule has 0 saturated heterocycles. The first-order valence-corrected chi connectivity index (χ1v) is 7.68. The summed E-state index contributed by atoms with van der Waals surface area (Å²) in [7, 11) is -2.83. The first-order valence-electron chi connectivity index (χ1n) is 6.13. The number of methoxy groups -OCH3 is 1. The van der Waals surface area contributed by atoms with Crippen LogP contribution in [0, 0.1) is 5.92 Å². The first kappa shape index (κ1) is 16.5. The molecule has 0 amide bonds. The van der Waals surface area contributed by atoms with Gasteiger partial charge in [0, 0.05) is 0 Å². The standard InChI is InChI=1S/C13H19NO5S/c1-9(2)6-7-19-10-4-5-12(20(14,16)17)11(8-10)13(15)18-3/h4-5,8-9H,6-7H2,1-3H3,(H2,14,16,17). The summed E-state index contributed by atoms with van der Waals surface area (Å²) in [4.78, 5) is 11.3. The van der Waals surface area contributed by atoms with Gasteiger partial charge in [-0.05, 0) is 30.5 Å². The fraction of sp³-hybridized carbons (Fsp3) is 0.462. The van der Waals surface area contributed by atoms with Crippen LogP contribution >= 0.6 is 0 Å². The van der Waals surface area contributed by atoms with Crippen LogP contribution in [0.25, 0.3) is 0 Å². The number of rotatable bonds is 6. The average Bonchev–Trinajstić information content (AvgIpc) is 2.36. The Balaban J connectivity index is 3.06. The molecular formula is C13H19NO5S. The monoisotopic (exact) mass is 301 g/mol. The zero-order valence-corrected chi connectivity index (χ0v) is 12.6. The minimum Gasteiger partial charge on any atom is -0.494 e. The van der Waals surface area contributed by atoms with Gasteiger partial charge in [-0.1, -0.05) is 13.8 Å². The zero-order chi connectivity index (χ0) is 15.3. The van der Waals surface area contributed by atoms with Crippen molar-refractivity contribution in [2.75, 3.05) is 13.7 Å². The van der Waals surface area contributed by atoms with E-state index in [1.54, 1.807) is 0 Å². The van der Waals surface area contributed by atoms with Crippen LogP contribution in [0.2, 0.25) is 0 Å². The van der Waals surface area contributed by atoms with E-state index in [2.05, 4.69) is 18.6 Å². The summed E-state index contributed by atoms with van der Waals surface area (Å²) in [5.74, 6) is 0.112. The van der Waals surface area contributed by atoms with E-state index in [-0.39, 0.29) is 10.5 Å². The van der Waals surface area contributed by atoms with E-state index >= 15 is 0 Å². The van der Waals surface area contributed by atoms with Crippen LogP contribution < -0.4 is 9.88 Å². The minimum atomic E-state index is -4.00. The molecule has 0 bridgehead atoms. The van der Waals surface area contributed by atoms with Crippen molar-refractivity contribution in [1.29, 1.82) is 0 Å². The molecule has 0 aliphatic heterocycles. The largest absolute Gasteiger partial charge is 0.494 e. The number of hydrogen-bond acceptors (Lipinski definition) is 5. The zero-order valence-electron chi connectivity index (χ0n) is 11.8. The van der Waals surface area contributed by atoms with Gasteiger partial charge in [0.25, 0.3) is 0 Å². The summed E-state index contributed by atoms with van der Waals surface area (Å²) in [5.41, 5.74) is -0.128. The minimum absolute atomic E-state index is 0.128. The number of esters is 1. The van der Waals surface area contributed by atoms with E-state index in [4.69, 9.17) is 9.88 Å². The molecular weight excluding hydrogens is 282 g/mol. The fourth-order valence-electron chi connectivity index (χ4n) is 1.53. The third kappa shape index (κ3) is 4.50. The molecule has 112 valence electrons. The molecule has 0 saturated carbocycles. The third-order valence-corrected chi connectivity index (χ3v) is 3.60. The predicted molar refractivity (Wildman–Crippen MR) is 74.1 cm³/mol. The number of hydrogen-bond donors (Lipinski definition) is 1. The topological polar surface area (TPSA) is 95.7 Å². The Kier molecular flexibility index (Phi) is 5.52. The van der Waals surface area contributed by atoms with Crippen LogP contribution in [0.15, 0.2) is 23.1 Å². The maximum absolute atomic E-state index is 11.6. The number of carbonyl (C=O) groups is 1. The molecule has 2 N–H and O–H groups in total. The highest BCUT2D eigenvalue weighted by Crippen LogP contribution is 2.22.